The molecule has 1 fully saturated rings. The van der Waals surface area contributed by atoms with Gasteiger partial charge in [0.25, 0.3) is 5.91 Å². The molecule has 36 heavy (non-hydrogen) atoms. The molecule has 0 aliphatic carbocycles. The number of hydrogen-bond donors (Lipinski definition) is 1. The van der Waals surface area contributed by atoms with Gasteiger partial charge in [-0.3, -0.25) is 9.59 Å². The van der Waals surface area contributed by atoms with E-state index < -0.39 is 0 Å². The third-order valence-electron chi connectivity index (χ3n) is 7.13. The van der Waals surface area contributed by atoms with Crippen LogP contribution in [-0.2, 0) is 22.7 Å². The fraction of sp³-hybridized carbons (Fsp3) is 0.407. The highest BCUT2D eigenvalue weighted by Crippen LogP contribution is 2.28. The minimum Gasteiger partial charge on any atom is -0.365 e. The summed E-state index contributed by atoms with van der Waals surface area (Å²) in [5.41, 5.74) is 4.12. The summed E-state index contributed by atoms with van der Waals surface area (Å²) < 4.78 is 21.0. The molecule has 5 rings (SSSR count). The van der Waals surface area contributed by atoms with Gasteiger partial charge >= 0.3 is 0 Å². The van der Waals surface area contributed by atoms with Gasteiger partial charge in [-0.1, -0.05) is 47.2 Å². The van der Waals surface area contributed by atoms with Crippen molar-refractivity contribution in [1.29, 1.82) is 0 Å². The molecule has 2 atom stereocenters. The number of ether oxygens (including phenoxy) is 1. The second kappa shape index (κ2) is 10.2. The summed E-state index contributed by atoms with van der Waals surface area (Å²) in [5.74, 6) is -0.701. The first-order chi connectivity index (χ1) is 17.4. The van der Waals surface area contributed by atoms with E-state index in [1.54, 1.807) is 21.7 Å². The van der Waals surface area contributed by atoms with E-state index in [4.69, 9.17) is 4.74 Å². The number of likely N-dealkylation sites (tertiary alicyclic amines) is 1. The number of aryl methyl sites for hydroxylation is 1. The number of rotatable bonds is 5. The van der Waals surface area contributed by atoms with Crippen molar-refractivity contribution in [3.05, 3.63) is 82.4 Å². The number of benzene rings is 2. The number of nitrogens with one attached hydrogen (secondary N) is 1. The third kappa shape index (κ3) is 5.02. The monoisotopic (exact) mass is 491 g/mol. The lowest BCUT2D eigenvalue weighted by atomic mass is 9.95. The fourth-order valence-electron chi connectivity index (χ4n) is 4.82. The van der Waals surface area contributed by atoms with Gasteiger partial charge in [0.05, 0.1) is 24.9 Å². The lowest BCUT2D eigenvalue weighted by Crippen LogP contribution is -2.43. The molecule has 3 aromatic rings. The topological polar surface area (TPSA) is 89.4 Å². The van der Waals surface area contributed by atoms with E-state index in [1.165, 1.54) is 17.7 Å². The van der Waals surface area contributed by atoms with Gasteiger partial charge in [0.2, 0.25) is 5.91 Å². The zero-order chi connectivity index (χ0) is 25.2. The molecule has 0 unspecified atom stereocenters. The average molecular weight is 492 g/mol. The zero-order valence-electron chi connectivity index (χ0n) is 20.5. The van der Waals surface area contributed by atoms with E-state index in [0.717, 1.165) is 11.1 Å². The first-order valence-corrected chi connectivity index (χ1v) is 12.3. The summed E-state index contributed by atoms with van der Waals surface area (Å²) in [7, 11) is 0. The Balaban J connectivity index is 1.16. The van der Waals surface area contributed by atoms with Crippen molar-refractivity contribution in [2.24, 2.45) is 5.92 Å². The van der Waals surface area contributed by atoms with Crippen molar-refractivity contribution < 1.29 is 18.7 Å². The first-order valence-electron chi connectivity index (χ1n) is 12.3. The predicted molar refractivity (Wildman–Crippen MR) is 130 cm³/mol. The molecule has 1 N–H and O–H groups in total. The quantitative estimate of drug-likeness (QED) is 0.588. The number of halogens is 1. The maximum atomic E-state index is 13.2. The summed E-state index contributed by atoms with van der Waals surface area (Å²) in [4.78, 5) is 27.7. The molecule has 2 aliphatic rings. The Hall–Kier alpha value is -3.59. The summed E-state index contributed by atoms with van der Waals surface area (Å²) in [5, 5.41) is 11.4. The van der Waals surface area contributed by atoms with E-state index in [0.29, 0.717) is 43.9 Å². The lowest BCUT2D eigenvalue weighted by Gasteiger charge is -2.32. The minimum absolute atomic E-state index is 0.0458. The van der Waals surface area contributed by atoms with Crippen LogP contribution in [0.3, 0.4) is 0 Å². The molecular formula is C27H30FN5O3. The average Bonchev–Trinajstić information content (AvgIpc) is 3.32. The van der Waals surface area contributed by atoms with E-state index in [-0.39, 0.29) is 42.3 Å². The van der Waals surface area contributed by atoms with E-state index in [1.807, 2.05) is 13.8 Å². The Morgan fingerprint density at radius 2 is 1.78 bits per heavy atom. The maximum absolute atomic E-state index is 13.2. The highest BCUT2D eigenvalue weighted by Gasteiger charge is 2.33. The number of aromatic nitrogens is 3. The molecular weight excluding hydrogens is 461 g/mol. The Bertz CT molecular complexity index is 1230. The molecule has 0 spiro atoms. The van der Waals surface area contributed by atoms with Crippen LogP contribution in [0.1, 0.15) is 64.8 Å². The number of carbonyl (C=O) groups is 2. The highest BCUT2D eigenvalue weighted by molar-refractivity contribution is 5.93. The number of amides is 2. The molecule has 0 radical (unpaired) electrons. The molecule has 1 saturated heterocycles. The Kier molecular flexibility index (Phi) is 6.82. The molecule has 9 heteroatoms. The summed E-state index contributed by atoms with van der Waals surface area (Å²) in [6.07, 6.45) is 1.01. The second-order valence-corrected chi connectivity index (χ2v) is 9.63. The molecule has 2 aliphatic heterocycles. The fourth-order valence-corrected chi connectivity index (χ4v) is 4.82. The zero-order valence-corrected chi connectivity index (χ0v) is 20.5. The van der Waals surface area contributed by atoms with Crippen LogP contribution in [0.15, 0.2) is 48.5 Å². The lowest BCUT2D eigenvalue weighted by molar-refractivity contribution is -0.127. The van der Waals surface area contributed by atoms with Gasteiger partial charge in [0.15, 0.2) is 5.69 Å². The van der Waals surface area contributed by atoms with E-state index in [2.05, 4.69) is 39.9 Å². The third-order valence-corrected chi connectivity index (χ3v) is 7.13. The van der Waals surface area contributed by atoms with Gasteiger partial charge < -0.3 is 15.0 Å². The normalized spacial score (nSPS) is 19.0. The first kappa shape index (κ1) is 24.1. The van der Waals surface area contributed by atoms with Crippen LogP contribution in [0.4, 0.5) is 4.39 Å². The second-order valence-electron chi connectivity index (χ2n) is 9.63. The molecule has 2 amide bonds. The number of nitrogens with zero attached hydrogens (tertiary/aromatic N) is 4. The smallest absolute Gasteiger partial charge is 0.276 e. The molecule has 3 heterocycles. The van der Waals surface area contributed by atoms with Crippen LogP contribution in [0, 0.1) is 18.7 Å². The number of fused-ring (bicyclic) bond motifs is 1. The van der Waals surface area contributed by atoms with Gasteiger partial charge in [0.1, 0.15) is 11.9 Å². The van der Waals surface area contributed by atoms with Crippen LogP contribution < -0.4 is 5.32 Å². The molecule has 8 nitrogen and oxygen atoms in total. The Labute approximate surface area is 209 Å². The number of carbonyl (C=O) groups excluding carboxylic acids is 2. The van der Waals surface area contributed by atoms with Crippen molar-refractivity contribution in [3.63, 3.8) is 0 Å². The SMILES string of the molecule is Cc1ccc([C@@H]2Cn3nnc(C(=O)N4CCC(C(=O)N[C@H](C)c5ccc(F)cc5)CC4)c3CO2)cc1. The van der Waals surface area contributed by atoms with Gasteiger partial charge in [-0.25, -0.2) is 9.07 Å². The summed E-state index contributed by atoms with van der Waals surface area (Å²) in [6.45, 7) is 5.65. The Morgan fingerprint density at radius 3 is 2.47 bits per heavy atom. The van der Waals surface area contributed by atoms with Crippen LogP contribution >= 0.6 is 0 Å². The standard InChI is InChI=1S/C27H30FN5O3/c1-17-3-5-20(6-4-17)24-15-33-23(16-36-24)25(30-31-33)27(35)32-13-11-21(12-14-32)26(34)29-18(2)19-7-9-22(28)10-8-19/h3-10,18,21,24H,11-16H2,1-2H3,(H,29,34)/t18-,24+/m1/s1. The molecule has 188 valence electrons. The van der Waals surface area contributed by atoms with Crippen molar-refractivity contribution in [1.82, 2.24) is 25.2 Å². The van der Waals surface area contributed by atoms with Crippen LogP contribution in [0.25, 0.3) is 0 Å². The molecule has 1 aromatic heterocycles. The maximum Gasteiger partial charge on any atom is 0.276 e. The van der Waals surface area contributed by atoms with E-state index in [9.17, 15) is 14.0 Å². The van der Waals surface area contributed by atoms with E-state index >= 15 is 0 Å². The number of hydrogen-bond acceptors (Lipinski definition) is 5. The van der Waals surface area contributed by atoms with Gasteiger partial charge in [-0.05, 0) is 49.9 Å². The highest BCUT2D eigenvalue weighted by atomic mass is 19.1. The summed E-state index contributed by atoms with van der Waals surface area (Å²) in [6, 6.07) is 14.1. The number of piperidine rings is 1. The molecule has 0 bridgehead atoms. The largest absolute Gasteiger partial charge is 0.365 e. The minimum atomic E-state index is -0.304. The van der Waals surface area contributed by atoms with Crippen molar-refractivity contribution in [3.8, 4) is 0 Å². The van der Waals surface area contributed by atoms with Crippen LogP contribution in [0.2, 0.25) is 0 Å². The predicted octanol–water partition coefficient (Wildman–Crippen LogP) is 3.73. The van der Waals surface area contributed by atoms with Crippen molar-refractivity contribution >= 4 is 11.8 Å². The van der Waals surface area contributed by atoms with Crippen LogP contribution in [-0.4, -0.2) is 44.8 Å². The van der Waals surface area contributed by atoms with Gasteiger partial charge in [-0.15, -0.1) is 5.10 Å². The Morgan fingerprint density at radius 1 is 1.08 bits per heavy atom. The van der Waals surface area contributed by atoms with Crippen molar-refractivity contribution in [2.45, 2.75) is 52.0 Å². The van der Waals surface area contributed by atoms with Crippen LogP contribution in [0.5, 0.6) is 0 Å². The molecule has 0 saturated carbocycles. The summed E-state index contributed by atoms with van der Waals surface area (Å²) >= 11 is 0. The molecule has 2 aromatic carbocycles. The van der Waals surface area contributed by atoms with Gasteiger partial charge in [0, 0.05) is 19.0 Å². The van der Waals surface area contributed by atoms with Crippen molar-refractivity contribution in [2.75, 3.05) is 13.1 Å². The van der Waals surface area contributed by atoms with Gasteiger partial charge in [-0.2, -0.15) is 0 Å².